The van der Waals surface area contributed by atoms with Gasteiger partial charge in [0, 0.05) is 24.8 Å². The van der Waals surface area contributed by atoms with E-state index in [1.807, 2.05) is 0 Å². The number of rotatable bonds is 4. The fourth-order valence-electron chi connectivity index (χ4n) is 3.16. The molecule has 5 nitrogen and oxygen atoms in total. The molecular weight excluding hydrogens is 242 g/mol. The maximum absolute atomic E-state index is 11.7. The molecule has 0 spiro atoms. The molecule has 1 aliphatic carbocycles. The summed E-state index contributed by atoms with van der Waals surface area (Å²) in [7, 11) is 0. The fourth-order valence-corrected chi connectivity index (χ4v) is 3.16. The minimum atomic E-state index is -0.475. The molecule has 5 heteroatoms. The van der Waals surface area contributed by atoms with Gasteiger partial charge in [0.1, 0.15) is 0 Å². The highest BCUT2D eigenvalue weighted by Gasteiger charge is 2.39. The Labute approximate surface area is 112 Å². The minimum absolute atomic E-state index is 0.0447. The number of nitrogens with zero attached hydrogens (tertiary/aromatic N) is 3. The van der Waals surface area contributed by atoms with Gasteiger partial charge in [0.25, 0.3) is 5.56 Å². The highest BCUT2D eigenvalue weighted by Crippen LogP contribution is 2.34. The molecule has 1 saturated carbocycles. The largest absolute Gasteiger partial charge is 0.389 e. The van der Waals surface area contributed by atoms with Crippen LogP contribution in [-0.2, 0) is 6.54 Å². The molecular formula is C14H21N3O2. The fraction of sp³-hybridized carbons (Fsp3) is 0.714. The zero-order valence-corrected chi connectivity index (χ0v) is 11.2. The van der Waals surface area contributed by atoms with E-state index in [9.17, 15) is 9.90 Å². The van der Waals surface area contributed by atoms with E-state index in [2.05, 4.69) is 10.00 Å². The van der Waals surface area contributed by atoms with Gasteiger partial charge in [-0.05, 0) is 44.7 Å². The van der Waals surface area contributed by atoms with E-state index in [-0.39, 0.29) is 5.56 Å². The number of hydrogen-bond donors (Lipinski definition) is 1. The van der Waals surface area contributed by atoms with Crippen LogP contribution in [0, 0.1) is 0 Å². The van der Waals surface area contributed by atoms with Crippen LogP contribution in [0.4, 0.5) is 0 Å². The number of aromatic nitrogens is 2. The second-order valence-corrected chi connectivity index (χ2v) is 5.89. The van der Waals surface area contributed by atoms with E-state index in [0.29, 0.717) is 12.6 Å². The maximum atomic E-state index is 11.7. The summed E-state index contributed by atoms with van der Waals surface area (Å²) in [5, 5.41) is 14.4. The van der Waals surface area contributed by atoms with E-state index in [0.717, 1.165) is 45.2 Å². The van der Waals surface area contributed by atoms with E-state index in [4.69, 9.17) is 0 Å². The van der Waals surface area contributed by atoms with Crippen molar-refractivity contribution < 1.29 is 5.11 Å². The molecule has 1 atom stereocenters. The molecule has 0 bridgehead atoms. The summed E-state index contributed by atoms with van der Waals surface area (Å²) in [6, 6.07) is 3.55. The Morgan fingerprint density at radius 1 is 1.42 bits per heavy atom. The van der Waals surface area contributed by atoms with Gasteiger partial charge in [-0.15, -0.1) is 0 Å². The maximum Gasteiger partial charge on any atom is 0.266 e. The zero-order chi connectivity index (χ0) is 13.3. The van der Waals surface area contributed by atoms with Crippen molar-refractivity contribution in [2.24, 2.45) is 0 Å². The van der Waals surface area contributed by atoms with Crippen LogP contribution < -0.4 is 5.56 Å². The topological polar surface area (TPSA) is 58.4 Å². The molecule has 19 heavy (non-hydrogen) atoms. The molecule has 1 aromatic heterocycles. The average molecular weight is 263 g/mol. The summed E-state index contributed by atoms with van der Waals surface area (Å²) in [4.78, 5) is 14.0. The Balaban J connectivity index is 1.66. The first-order valence-electron chi connectivity index (χ1n) is 7.15. The molecule has 0 aromatic carbocycles. The third kappa shape index (κ3) is 2.72. The lowest BCUT2D eigenvalue weighted by Crippen LogP contribution is -2.50. The second kappa shape index (κ2) is 5.06. The summed E-state index contributed by atoms with van der Waals surface area (Å²) in [5.41, 5.74) is -0.519. The van der Waals surface area contributed by atoms with Crippen LogP contribution in [0.2, 0.25) is 0 Å². The van der Waals surface area contributed by atoms with Gasteiger partial charge in [0.2, 0.25) is 0 Å². The molecule has 2 aliphatic rings. The standard InChI is InChI=1S/C14H21N3O2/c18-13-5-1-8-15-17(13)10-12-4-2-9-16(12)11-14(19)6-3-7-14/h1,5,8,12,19H,2-4,6-7,9-11H2. The summed E-state index contributed by atoms with van der Waals surface area (Å²) in [5.74, 6) is 0. The van der Waals surface area contributed by atoms with Gasteiger partial charge in [-0.3, -0.25) is 9.69 Å². The van der Waals surface area contributed by atoms with Crippen LogP contribution in [-0.4, -0.2) is 44.5 Å². The number of hydrogen-bond acceptors (Lipinski definition) is 4. The Morgan fingerprint density at radius 3 is 2.95 bits per heavy atom. The molecule has 3 rings (SSSR count). The van der Waals surface area contributed by atoms with Crippen LogP contribution >= 0.6 is 0 Å². The van der Waals surface area contributed by atoms with Crippen molar-refractivity contribution in [2.75, 3.05) is 13.1 Å². The van der Waals surface area contributed by atoms with Crippen molar-refractivity contribution in [1.82, 2.24) is 14.7 Å². The Morgan fingerprint density at radius 2 is 2.26 bits per heavy atom. The highest BCUT2D eigenvalue weighted by atomic mass is 16.3. The van der Waals surface area contributed by atoms with E-state index >= 15 is 0 Å². The summed E-state index contributed by atoms with van der Waals surface area (Å²) >= 11 is 0. The van der Waals surface area contributed by atoms with E-state index in [1.165, 1.54) is 4.68 Å². The van der Waals surface area contributed by atoms with Crippen LogP contribution in [0.3, 0.4) is 0 Å². The van der Waals surface area contributed by atoms with Crippen molar-refractivity contribution in [3.8, 4) is 0 Å². The summed E-state index contributed by atoms with van der Waals surface area (Å²) in [6.07, 6.45) is 6.84. The van der Waals surface area contributed by atoms with Crippen molar-refractivity contribution in [3.63, 3.8) is 0 Å². The normalized spacial score (nSPS) is 26.3. The Hall–Kier alpha value is -1.20. The molecule has 1 aliphatic heterocycles. The smallest absolute Gasteiger partial charge is 0.266 e. The first-order valence-corrected chi connectivity index (χ1v) is 7.15. The minimum Gasteiger partial charge on any atom is -0.389 e. The highest BCUT2D eigenvalue weighted by molar-refractivity contribution is 4.94. The van der Waals surface area contributed by atoms with Gasteiger partial charge in [-0.1, -0.05) is 0 Å². The third-order valence-electron chi connectivity index (χ3n) is 4.45. The molecule has 2 fully saturated rings. The van der Waals surface area contributed by atoms with Gasteiger partial charge >= 0.3 is 0 Å². The van der Waals surface area contributed by atoms with Crippen LogP contribution in [0.1, 0.15) is 32.1 Å². The molecule has 2 heterocycles. The molecule has 104 valence electrons. The monoisotopic (exact) mass is 263 g/mol. The lowest BCUT2D eigenvalue weighted by molar-refractivity contribution is -0.0621. The zero-order valence-electron chi connectivity index (χ0n) is 11.2. The first kappa shape index (κ1) is 12.8. The van der Waals surface area contributed by atoms with Crippen molar-refractivity contribution in [2.45, 2.75) is 50.3 Å². The van der Waals surface area contributed by atoms with Crippen molar-refractivity contribution >= 4 is 0 Å². The van der Waals surface area contributed by atoms with E-state index < -0.39 is 5.60 Å². The number of likely N-dealkylation sites (tertiary alicyclic amines) is 1. The molecule has 0 amide bonds. The number of aliphatic hydroxyl groups is 1. The predicted molar refractivity (Wildman–Crippen MR) is 71.9 cm³/mol. The lowest BCUT2D eigenvalue weighted by Gasteiger charge is -2.41. The van der Waals surface area contributed by atoms with Gasteiger partial charge in [0.05, 0.1) is 12.1 Å². The molecule has 1 N–H and O–H groups in total. The summed E-state index contributed by atoms with van der Waals surface area (Å²) in [6.45, 7) is 2.41. The molecule has 0 radical (unpaired) electrons. The third-order valence-corrected chi connectivity index (χ3v) is 4.45. The molecule has 1 saturated heterocycles. The first-order chi connectivity index (χ1) is 9.16. The van der Waals surface area contributed by atoms with Crippen molar-refractivity contribution in [3.05, 3.63) is 28.7 Å². The average Bonchev–Trinajstić information content (AvgIpc) is 2.77. The van der Waals surface area contributed by atoms with Gasteiger partial charge in [-0.25, -0.2) is 4.68 Å². The Bertz CT molecular complexity index is 495. The lowest BCUT2D eigenvalue weighted by atomic mass is 9.80. The van der Waals surface area contributed by atoms with Crippen LogP contribution in [0.5, 0.6) is 0 Å². The summed E-state index contributed by atoms with van der Waals surface area (Å²) < 4.78 is 1.54. The Kier molecular flexibility index (Phi) is 3.41. The van der Waals surface area contributed by atoms with Gasteiger partial charge in [-0.2, -0.15) is 5.10 Å². The molecule has 1 unspecified atom stereocenters. The second-order valence-electron chi connectivity index (χ2n) is 5.89. The number of β-amino-alcohol motifs (C(OH)–C–C–N with tert-alkyl or cyclic N) is 1. The van der Waals surface area contributed by atoms with Gasteiger partial charge in [0.15, 0.2) is 0 Å². The van der Waals surface area contributed by atoms with E-state index in [1.54, 1.807) is 18.3 Å². The van der Waals surface area contributed by atoms with Crippen LogP contribution in [0.15, 0.2) is 23.1 Å². The quantitative estimate of drug-likeness (QED) is 0.865. The van der Waals surface area contributed by atoms with Gasteiger partial charge < -0.3 is 5.11 Å². The van der Waals surface area contributed by atoms with Crippen LogP contribution in [0.25, 0.3) is 0 Å². The SMILES string of the molecule is O=c1cccnn1CC1CCCN1CC1(O)CCC1. The van der Waals surface area contributed by atoms with Crippen molar-refractivity contribution in [1.29, 1.82) is 0 Å². The predicted octanol–water partition coefficient (Wildman–Crippen LogP) is 0.623. The molecule has 1 aromatic rings.